The molecule has 0 aromatic heterocycles. The zero-order chi connectivity index (χ0) is 17.2. The SMILES string of the molecule is CN1CC[C@@]2(CCC1=O)CN(CC(=O)N1CCCCC1)CCN2C. The number of likely N-dealkylation sites (tertiary alicyclic amines) is 2. The summed E-state index contributed by atoms with van der Waals surface area (Å²) in [5.74, 6) is 0.540. The highest BCUT2D eigenvalue weighted by molar-refractivity contribution is 5.78. The lowest BCUT2D eigenvalue weighted by Gasteiger charge is -2.49. The van der Waals surface area contributed by atoms with Gasteiger partial charge in [-0.05, 0) is 39.2 Å². The van der Waals surface area contributed by atoms with Gasteiger partial charge in [0.15, 0.2) is 0 Å². The number of piperidine rings is 1. The lowest BCUT2D eigenvalue weighted by atomic mass is 9.86. The van der Waals surface area contributed by atoms with Gasteiger partial charge in [0.1, 0.15) is 0 Å². The molecule has 0 radical (unpaired) electrons. The number of amides is 2. The number of likely N-dealkylation sites (N-methyl/N-ethyl adjacent to an activating group) is 1. The Bertz CT molecular complexity index is 478. The first-order valence-electron chi connectivity index (χ1n) is 9.45. The van der Waals surface area contributed by atoms with Crippen LogP contribution in [0.4, 0.5) is 0 Å². The van der Waals surface area contributed by atoms with Gasteiger partial charge in [-0.3, -0.25) is 19.4 Å². The van der Waals surface area contributed by atoms with Gasteiger partial charge in [-0.1, -0.05) is 0 Å². The zero-order valence-electron chi connectivity index (χ0n) is 15.3. The Morgan fingerprint density at radius 1 is 1.00 bits per heavy atom. The molecule has 136 valence electrons. The highest BCUT2D eigenvalue weighted by atomic mass is 16.2. The summed E-state index contributed by atoms with van der Waals surface area (Å²) in [6.45, 7) is 6.04. The Balaban J connectivity index is 1.62. The average Bonchev–Trinajstić information content (AvgIpc) is 2.74. The Labute approximate surface area is 145 Å². The molecule has 0 aromatic carbocycles. The lowest BCUT2D eigenvalue weighted by Crippen LogP contribution is -2.62. The highest BCUT2D eigenvalue weighted by Crippen LogP contribution is 2.31. The predicted molar refractivity (Wildman–Crippen MR) is 93.7 cm³/mol. The number of rotatable bonds is 2. The van der Waals surface area contributed by atoms with Crippen LogP contribution in [-0.2, 0) is 9.59 Å². The third-order valence-electron chi connectivity index (χ3n) is 6.29. The Morgan fingerprint density at radius 2 is 1.75 bits per heavy atom. The van der Waals surface area contributed by atoms with E-state index in [0.29, 0.717) is 13.0 Å². The molecule has 1 atom stereocenters. The van der Waals surface area contributed by atoms with Crippen LogP contribution in [0.25, 0.3) is 0 Å². The summed E-state index contributed by atoms with van der Waals surface area (Å²) >= 11 is 0. The number of carbonyl (C=O) groups excluding carboxylic acids is 2. The van der Waals surface area contributed by atoms with E-state index in [0.717, 1.165) is 65.0 Å². The third-order valence-corrected chi connectivity index (χ3v) is 6.29. The van der Waals surface area contributed by atoms with Gasteiger partial charge in [-0.25, -0.2) is 0 Å². The monoisotopic (exact) mass is 336 g/mol. The fourth-order valence-corrected chi connectivity index (χ4v) is 4.41. The molecule has 3 rings (SSSR count). The molecule has 3 saturated heterocycles. The van der Waals surface area contributed by atoms with Gasteiger partial charge in [0.25, 0.3) is 0 Å². The smallest absolute Gasteiger partial charge is 0.236 e. The van der Waals surface area contributed by atoms with Crippen molar-refractivity contribution >= 4 is 11.8 Å². The molecule has 3 aliphatic rings. The molecule has 3 aliphatic heterocycles. The lowest BCUT2D eigenvalue weighted by molar-refractivity contribution is -0.135. The first-order chi connectivity index (χ1) is 11.5. The van der Waals surface area contributed by atoms with Gasteiger partial charge in [0.2, 0.25) is 11.8 Å². The summed E-state index contributed by atoms with van der Waals surface area (Å²) < 4.78 is 0. The second-order valence-electron chi connectivity index (χ2n) is 7.86. The third kappa shape index (κ3) is 3.75. The molecule has 6 nitrogen and oxygen atoms in total. The topological polar surface area (TPSA) is 47.1 Å². The molecule has 0 aliphatic carbocycles. The van der Waals surface area contributed by atoms with Crippen molar-refractivity contribution in [3.05, 3.63) is 0 Å². The fourth-order valence-electron chi connectivity index (χ4n) is 4.41. The second kappa shape index (κ2) is 7.40. The summed E-state index contributed by atoms with van der Waals surface area (Å²) in [6.07, 6.45) is 6.07. The van der Waals surface area contributed by atoms with Crippen molar-refractivity contribution in [2.45, 2.75) is 44.1 Å². The van der Waals surface area contributed by atoms with Crippen molar-refractivity contribution in [3.8, 4) is 0 Å². The van der Waals surface area contributed by atoms with Gasteiger partial charge >= 0.3 is 0 Å². The minimum atomic E-state index is 0.0425. The van der Waals surface area contributed by atoms with Gasteiger partial charge in [0.05, 0.1) is 6.54 Å². The van der Waals surface area contributed by atoms with E-state index in [2.05, 4.69) is 16.8 Å². The van der Waals surface area contributed by atoms with Crippen LogP contribution in [0.5, 0.6) is 0 Å². The molecule has 0 bridgehead atoms. The number of nitrogens with zero attached hydrogens (tertiary/aromatic N) is 4. The van der Waals surface area contributed by atoms with Crippen LogP contribution in [0, 0.1) is 0 Å². The Morgan fingerprint density at radius 3 is 2.50 bits per heavy atom. The average molecular weight is 336 g/mol. The molecular weight excluding hydrogens is 304 g/mol. The molecule has 6 heteroatoms. The summed E-state index contributed by atoms with van der Waals surface area (Å²) in [4.78, 5) is 33.3. The van der Waals surface area contributed by atoms with Gasteiger partial charge in [-0.2, -0.15) is 0 Å². The molecule has 0 saturated carbocycles. The summed E-state index contributed by atoms with van der Waals surface area (Å²) in [5.41, 5.74) is 0.0425. The van der Waals surface area contributed by atoms with Crippen LogP contribution in [0.1, 0.15) is 38.5 Å². The molecule has 0 aromatic rings. The van der Waals surface area contributed by atoms with Crippen LogP contribution in [-0.4, -0.2) is 96.9 Å². The second-order valence-corrected chi connectivity index (χ2v) is 7.86. The van der Waals surface area contributed by atoms with Crippen molar-refractivity contribution in [2.75, 3.05) is 59.9 Å². The van der Waals surface area contributed by atoms with Crippen LogP contribution in [0.15, 0.2) is 0 Å². The van der Waals surface area contributed by atoms with Crippen molar-refractivity contribution in [3.63, 3.8) is 0 Å². The van der Waals surface area contributed by atoms with Crippen LogP contribution < -0.4 is 0 Å². The molecule has 3 heterocycles. The standard InChI is InChI=1S/C18H32N4O2/c1-19-11-8-18(7-6-16(19)23)15-21(13-12-20(18)2)14-17(24)22-9-4-3-5-10-22/h3-15H2,1-2H3/t18-/m0/s1. The maximum absolute atomic E-state index is 12.6. The predicted octanol–water partition coefficient (Wildman–Crippen LogP) is 0.627. The molecule has 0 unspecified atom stereocenters. The van der Waals surface area contributed by atoms with Crippen molar-refractivity contribution in [1.29, 1.82) is 0 Å². The molecule has 1 spiro atoms. The molecule has 0 N–H and O–H groups in total. The van der Waals surface area contributed by atoms with Crippen molar-refractivity contribution < 1.29 is 9.59 Å². The van der Waals surface area contributed by atoms with Crippen molar-refractivity contribution in [1.82, 2.24) is 19.6 Å². The highest BCUT2D eigenvalue weighted by Gasteiger charge is 2.42. The van der Waals surface area contributed by atoms with Crippen LogP contribution >= 0.6 is 0 Å². The quantitative estimate of drug-likeness (QED) is 0.742. The van der Waals surface area contributed by atoms with Gasteiger partial charge in [0, 0.05) is 58.3 Å². The zero-order valence-corrected chi connectivity index (χ0v) is 15.3. The van der Waals surface area contributed by atoms with E-state index in [9.17, 15) is 9.59 Å². The van der Waals surface area contributed by atoms with E-state index in [1.165, 1.54) is 6.42 Å². The number of hydrogen-bond acceptors (Lipinski definition) is 4. The molecule has 2 amide bonds. The first kappa shape index (κ1) is 17.7. The van der Waals surface area contributed by atoms with E-state index in [1.54, 1.807) is 0 Å². The maximum Gasteiger partial charge on any atom is 0.236 e. The summed E-state index contributed by atoms with van der Waals surface area (Å²) in [5, 5.41) is 0. The van der Waals surface area contributed by atoms with Crippen LogP contribution in [0.2, 0.25) is 0 Å². The number of piperazine rings is 1. The first-order valence-corrected chi connectivity index (χ1v) is 9.45. The normalized spacial score (nSPS) is 30.7. The Hall–Kier alpha value is -1.14. The van der Waals surface area contributed by atoms with E-state index in [-0.39, 0.29) is 17.4 Å². The van der Waals surface area contributed by atoms with E-state index in [1.807, 2.05) is 16.8 Å². The molecular formula is C18H32N4O2. The van der Waals surface area contributed by atoms with Crippen LogP contribution in [0.3, 0.4) is 0 Å². The fraction of sp³-hybridized carbons (Fsp3) is 0.889. The molecule has 3 fully saturated rings. The minimum Gasteiger partial charge on any atom is -0.346 e. The summed E-state index contributed by atoms with van der Waals surface area (Å²) in [6, 6.07) is 0. The largest absolute Gasteiger partial charge is 0.346 e. The summed E-state index contributed by atoms with van der Waals surface area (Å²) in [7, 11) is 4.08. The minimum absolute atomic E-state index is 0.0425. The number of hydrogen-bond donors (Lipinski definition) is 0. The number of carbonyl (C=O) groups is 2. The van der Waals surface area contributed by atoms with E-state index in [4.69, 9.17) is 0 Å². The van der Waals surface area contributed by atoms with Gasteiger partial charge in [-0.15, -0.1) is 0 Å². The molecule has 24 heavy (non-hydrogen) atoms. The van der Waals surface area contributed by atoms with E-state index >= 15 is 0 Å². The maximum atomic E-state index is 12.6. The van der Waals surface area contributed by atoms with Gasteiger partial charge < -0.3 is 9.80 Å². The van der Waals surface area contributed by atoms with Crippen molar-refractivity contribution in [2.24, 2.45) is 0 Å². The Kier molecular flexibility index (Phi) is 5.45. The van der Waals surface area contributed by atoms with E-state index < -0.39 is 0 Å².